The van der Waals surface area contributed by atoms with Crippen LogP contribution in [-0.4, -0.2) is 16.5 Å². The van der Waals surface area contributed by atoms with E-state index < -0.39 is 0 Å². The normalized spacial score (nSPS) is 18.5. The van der Waals surface area contributed by atoms with Gasteiger partial charge in [0.2, 0.25) is 0 Å². The lowest BCUT2D eigenvalue weighted by Crippen LogP contribution is -2.24. The van der Waals surface area contributed by atoms with Gasteiger partial charge in [-0.2, -0.15) is 0 Å². The van der Waals surface area contributed by atoms with Crippen LogP contribution in [0.4, 0.5) is 16.0 Å². The largest absolute Gasteiger partial charge is 0.382 e. The van der Waals surface area contributed by atoms with Gasteiger partial charge in [0.25, 0.3) is 0 Å². The number of nitrogen functional groups attached to an aromatic ring is 1. The molecule has 0 spiro atoms. The summed E-state index contributed by atoms with van der Waals surface area (Å²) in [6.45, 7) is 2.76. The van der Waals surface area contributed by atoms with E-state index in [9.17, 15) is 4.39 Å². The third-order valence-corrected chi connectivity index (χ3v) is 3.78. The zero-order valence-electron chi connectivity index (χ0n) is 11.4. The minimum absolute atomic E-state index is 0.210. The number of aryl methyl sites for hydroxylation is 1. The van der Waals surface area contributed by atoms with E-state index in [4.69, 9.17) is 5.73 Å². The van der Waals surface area contributed by atoms with Gasteiger partial charge in [0.1, 0.15) is 17.5 Å². The fourth-order valence-corrected chi connectivity index (χ4v) is 2.66. The molecule has 0 saturated carbocycles. The smallest absolute Gasteiger partial charge is 0.150 e. The SMILES string of the molecule is Cc1ncc(N2CCCC2c2ccc(F)cc2)nc1N. The Morgan fingerprint density at radius 2 is 2.05 bits per heavy atom. The number of hydrogen-bond donors (Lipinski definition) is 1. The molecule has 1 aromatic carbocycles. The standard InChI is InChI=1S/C15H17FN4/c1-10-15(17)19-14(9-18-10)20-8-2-3-13(20)11-4-6-12(16)7-5-11/h4-7,9,13H,2-3,8H2,1H3,(H2,17,19). The highest BCUT2D eigenvalue weighted by atomic mass is 19.1. The van der Waals surface area contributed by atoms with Crippen LogP contribution in [0.5, 0.6) is 0 Å². The van der Waals surface area contributed by atoms with Crippen LogP contribution >= 0.6 is 0 Å². The molecule has 1 saturated heterocycles. The topological polar surface area (TPSA) is 55.0 Å². The van der Waals surface area contributed by atoms with Crippen molar-refractivity contribution in [1.29, 1.82) is 0 Å². The molecular formula is C15H17FN4. The first-order chi connectivity index (χ1) is 9.65. The van der Waals surface area contributed by atoms with Crippen molar-refractivity contribution < 1.29 is 4.39 Å². The third kappa shape index (κ3) is 2.31. The lowest BCUT2D eigenvalue weighted by molar-refractivity contribution is 0.624. The van der Waals surface area contributed by atoms with E-state index in [-0.39, 0.29) is 11.9 Å². The van der Waals surface area contributed by atoms with Crippen LogP contribution in [-0.2, 0) is 0 Å². The molecule has 2 heterocycles. The van der Waals surface area contributed by atoms with Gasteiger partial charge in [-0.3, -0.25) is 4.98 Å². The van der Waals surface area contributed by atoms with E-state index in [0.717, 1.165) is 36.5 Å². The van der Waals surface area contributed by atoms with Gasteiger partial charge in [-0.05, 0) is 37.5 Å². The summed E-state index contributed by atoms with van der Waals surface area (Å²) < 4.78 is 13.0. The van der Waals surface area contributed by atoms with Gasteiger partial charge in [0, 0.05) is 6.54 Å². The molecule has 0 radical (unpaired) electrons. The van der Waals surface area contributed by atoms with Gasteiger partial charge in [-0.25, -0.2) is 9.37 Å². The van der Waals surface area contributed by atoms with Gasteiger partial charge in [-0.15, -0.1) is 0 Å². The summed E-state index contributed by atoms with van der Waals surface area (Å²) in [4.78, 5) is 10.9. The Morgan fingerprint density at radius 3 is 2.75 bits per heavy atom. The minimum atomic E-state index is -0.210. The highest BCUT2D eigenvalue weighted by Crippen LogP contribution is 2.35. The van der Waals surface area contributed by atoms with Gasteiger partial charge in [0.05, 0.1) is 17.9 Å². The van der Waals surface area contributed by atoms with Crippen molar-refractivity contribution in [3.63, 3.8) is 0 Å². The average molecular weight is 272 g/mol. The number of rotatable bonds is 2. The van der Waals surface area contributed by atoms with E-state index in [1.165, 1.54) is 12.1 Å². The predicted octanol–water partition coefficient (Wildman–Crippen LogP) is 2.85. The molecule has 4 nitrogen and oxygen atoms in total. The van der Waals surface area contributed by atoms with E-state index in [2.05, 4.69) is 14.9 Å². The monoisotopic (exact) mass is 272 g/mol. The molecule has 1 fully saturated rings. The highest BCUT2D eigenvalue weighted by Gasteiger charge is 2.27. The number of nitrogens with zero attached hydrogens (tertiary/aromatic N) is 3. The molecule has 0 amide bonds. The summed E-state index contributed by atoms with van der Waals surface area (Å²) in [6.07, 6.45) is 3.87. The number of aromatic nitrogens is 2. The lowest BCUT2D eigenvalue weighted by Gasteiger charge is -2.26. The van der Waals surface area contributed by atoms with Crippen LogP contribution < -0.4 is 10.6 Å². The van der Waals surface area contributed by atoms with Gasteiger partial charge < -0.3 is 10.6 Å². The molecule has 1 aliphatic rings. The average Bonchev–Trinajstić information content (AvgIpc) is 2.92. The van der Waals surface area contributed by atoms with Gasteiger partial charge in [0.15, 0.2) is 0 Å². The Morgan fingerprint density at radius 1 is 1.30 bits per heavy atom. The van der Waals surface area contributed by atoms with Crippen molar-refractivity contribution in [3.8, 4) is 0 Å². The number of hydrogen-bond acceptors (Lipinski definition) is 4. The Labute approximate surface area is 117 Å². The molecule has 0 aliphatic carbocycles. The number of anilines is 2. The quantitative estimate of drug-likeness (QED) is 0.913. The molecule has 3 rings (SSSR count). The van der Waals surface area contributed by atoms with Gasteiger partial charge in [-0.1, -0.05) is 12.1 Å². The van der Waals surface area contributed by atoms with Gasteiger partial charge >= 0.3 is 0 Å². The first-order valence-corrected chi connectivity index (χ1v) is 6.76. The zero-order chi connectivity index (χ0) is 14.1. The van der Waals surface area contributed by atoms with Crippen LogP contribution in [0.25, 0.3) is 0 Å². The maximum atomic E-state index is 13.0. The zero-order valence-corrected chi connectivity index (χ0v) is 11.4. The fraction of sp³-hybridized carbons (Fsp3) is 0.333. The second kappa shape index (κ2) is 5.07. The van der Waals surface area contributed by atoms with Crippen molar-refractivity contribution in [2.75, 3.05) is 17.2 Å². The Hall–Kier alpha value is -2.17. The minimum Gasteiger partial charge on any atom is -0.382 e. The second-order valence-electron chi connectivity index (χ2n) is 5.10. The van der Waals surface area contributed by atoms with Crippen LogP contribution in [0, 0.1) is 12.7 Å². The number of halogens is 1. The number of benzene rings is 1. The van der Waals surface area contributed by atoms with Crippen molar-refractivity contribution in [1.82, 2.24) is 9.97 Å². The molecule has 1 unspecified atom stereocenters. The van der Waals surface area contributed by atoms with Crippen molar-refractivity contribution >= 4 is 11.6 Å². The number of nitrogens with two attached hydrogens (primary N) is 1. The molecule has 2 N–H and O–H groups in total. The summed E-state index contributed by atoms with van der Waals surface area (Å²) in [5, 5.41) is 0. The lowest BCUT2D eigenvalue weighted by atomic mass is 10.0. The summed E-state index contributed by atoms with van der Waals surface area (Å²) in [5.74, 6) is 1.05. The maximum absolute atomic E-state index is 13.0. The van der Waals surface area contributed by atoms with E-state index in [1.807, 2.05) is 19.1 Å². The summed E-state index contributed by atoms with van der Waals surface area (Å²) in [6, 6.07) is 6.89. The summed E-state index contributed by atoms with van der Waals surface area (Å²) in [5.41, 5.74) is 7.69. The molecule has 1 aliphatic heterocycles. The molecular weight excluding hydrogens is 255 g/mol. The Bertz CT molecular complexity index is 612. The Balaban J connectivity index is 1.92. The second-order valence-corrected chi connectivity index (χ2v) is 5.10. The molecule has 5 heteroatoms. The van der Waals surface area contributed by atoms with Crippen LogP contribution in [0.1, 0.15) is 30.1 Å². The summed E-state index contributed by atoms with van der Waals surface area (Å²) >= 11 is 0. The first kappa shape index (κ1) is 12.8. The first-order valence-electron chi connectivity index (χ1n) is 6.76. The molecule has 1 aromatic heterocycles. The Kier molecular flexibility index (Phi) is 3.26. The molecule has 0 bridgehead atoms. The molecule has 1 atom stereocenters. The van der Waals surface area contributed by atoms with E-state index >= 15 is 0 Å². The van der Waals surface area contributed by atoms with Crippen molar-refractivity contribution in [2.24, 2.45) is 0 Å². The third-order valence-electron chi connectivity index (χ3n) is 3.78. The van der Waals surface area contributed by atoms with Crippen LogP contribution in [0.3, 0.4) is 0 Å². The summed E-state index contributed by atoms with van der Waals surface area (Å²) in [7, 11) is 0. The van der Waals surface area contributed by atoms with Crippen molar-refractivity contribution in [2.45, 2.75) is 25.8 Å². The van der Waals surface area contributed by atoms with E-state index in [0.29, 0.717) is 5.82 Å². The highest BCUT2D eigenvalue weighted by molar-refractivity contribution is 5.48. The van der Waals surface area contributed by atoms with E-state index in [1.54, 1.807) is 6.20 Å². The van der Waals surface area contributed by atoms with Crippen LogP contribution in [0.15, 0.2) is 30.5 Å². The molecule has 104 valence electrons. The maximum Gasteiger partial charge on any atom is 0.150 e. The fourth-order valence-electron chi connectivity index (χ4n) is 2.66. The van der Waals surface area contributed by atoms with Crippen LogP contribution in [0.2, 0.25) is 0 Å². The van der Waals surface area contributed by atoms with Crippen molar-refractivity contribution in [3.05, 3.63) is 47.5 Å². The predicted molar refractivity (Wildman–Crippen MR) is 76.9 cm³/mol. The molecule has 20 heavy (non-hydrogen) atoms. The molecule has 2 aromatic rings.